The predicted octanol–water partition coefficient (Wildman–Crippen LogP) is 4.56. The van der Waals surface area contributed by atoms with Crippen molar-refractivity contribution in [1.29, 1.82) is 0 Å². The zero-order valence-corrected chi connectivity index (χ0v) is 25.5. The Labute approximate surface area is 261 Å². The van der Waals surface area contributed by atoms with Gasteiger partial charge in [-0.15, -0.1) is 11.8 Å². The normalized spacial score (nSPS) is 17.4. The minimum Gasteiger partial charge on any atom is -0.508 e. The number of thioether (sulfide) groups is 1. The maximum absolute atomic E-state index is 14.4. The van der Waals surface area contributed by atoms with Crippen LogP contribution in [0.25, 0.3) is 0 Å². The number of hydrogen-bond donors (Lipinski definition) is 4. The Bertz CT molecular complexity index is 1570. The van der Waals surface area contributed by atoms with Crippen LogP contribution < -0.4 is 10.6 Å². The van der Waals surface area contributed by atoms with Crippen molar-refractivity contribution >= 4 is 29.5 Å². The molecule has 3 atom stereocenters. The van der Waals surface area contributed by atoms with Crippen LogP contribution in [-0.2, 0) is 28.7 Å². The second-order valence-corrected chi connectivity index (χ2v) is 12.9. The van der Waals surface area contributed by atoms with Crippen molar-refractivity contribution in [2.45, 2.75) is 62.8 Å². The number of carbonyl (C=O) groups excluding carboxylic acids is 3. The maximum atomic E-state index is 14.4. The first kappa shape index (κ1) is 33.8. The standard InChI is InChI=1S/C32H33F4N3O5S/c1-18-22(10-7-11-25(18)40)28(42)38-24(14-19-8-5-4-6-9-19)26(41)30(44)39-17-45-31(2,3)27(39)29(43)37-16-20-12-13-21(15-23(20)33)32(34,35)36/h4-13,15,24,26-27,40-41H,14,16-17H2,1-3H3,(H,37,43)(H,38,42). The van der Waals surface area contributed by atoms with Crippen LogP contribution in [-0.4, -0.2) is 61.6 Å². The van der Waals surface area contributed by atoms with Gasteiger partial charge in [-0.25, -0.2) is 4.39 Å². The van der Waals surface area contributed by atoms with Crippen LogP contribution in [0.4, 0.5) is 17.6 Å². The smallest absolute Gasteiger partial charge is 0.416 e. The second-order valence-electron chi connectivity index (χ2n) is 11.3. The largest absolute Gasteiger partial charge is 0.508 e. The number of nitrogens with one attached hydrogen (secondary N) is 2. The number of aromatic hydroxyl groups is 1. The molecule has 3 unspecified atom stereocenters. The van der Waals surface area contributed by atoms with E-state index < -0.39 is 64.8 Å². The van der Waals surface area contributed by atoms with E-state index in [1.807, 2.05) is 0 Å². The second kappa shape index (κ2) is 13.5. The number of hydrogen-bond acceptors (Lipinski definition) is 6. The summed E-state index contributed by atoms with van der Waals surface area (Å²) in [5.41, 5.74) is -0.158. The Morgan fingerprint density at radius 3 is 2.40 bits per heavy atom. The van der Waals surface area contributed by atoms with Crippen molar-refractivity contribution in [1.82, 2.24) is 15.5 Å². The molecule has 3 amide bonds. The molecule has 0 radical (unpaired) electrons. The number of aliphatic hydroxyl groups is 1. The Morgan fingerprint density at radius 2 is 1.76 bits per heavy atom. The summed E-state index contributed by atoms with van der Waals surface area (Å²) in [5, 5.41) is 26.7. The molecular formula is C32H33F4N3O5S. The average molecular weight is 648 g/mol. The third-order valence-corrected chi connectivity index (χ3v) is 9.08. The first-order valence-electron chi connectivity index (χ1n) is 14.0. The molecule has 0 bridgehead atoms. The van der Waals surface area contributed by atoms with Crippen molar-refractivity contribution in [2.75, 3.05) is 5.88 Å². The molecule has 3 aromatic carbocycles. The van der Waals surface area contributed by atoms with E-state index in [1.165, 1.54) is 34.9 Å². The zero-order valence-electron chi connectivity index (χ0n) is 24.7. The molecular weight excluding hydrogens is 614 g/mol. The van der Waals surface area contributed by atoms with Crippen LogP contribution in [0.15, 0.2) is 66.7 Å². The lowest BCUT2D eigenvalue weighted by atomic mass is 9.96. The lowest BCUT2D eigenvalue weighted by Crippen LogP contribution is -2.58. The predicted molar refractivity (Wildman–Crippen MR) is 161 cm³/mol. The van der Waals surface area contributed by atoms with Gasteiger partial charge in [-0.1, -0.05) is 42.5 Å². The molecule has 0 saturated carbocycles. The fourth-order valence-electron chi connectivity index (χ4n) is 5.13. The number of carbonyl (C=O) groups is 3. The quantitative estimate of drug-likeness (QED) is 0.253. The van der Waals surface area contributed by atoms with Gasteiger partial charge in [-0.05, 0) is 57.0 Å². The number of phenolic OH excluding ortho intramolecular Hbond substituents is 1. The van der Waals surface area contributed by atoms with Gasteiger partial charge in [0.15, 0.2) is 6.10 Å². The zero-order chi connectivity index (χ0) is 33.1. The van der Waals surface area contributed by atoms with Crippen molar-refractivity contribution in [3.63, 3.8) is 0 Å². The Morgan fingerprint density at radius 1 is 1.07 bits per heavy atom. The highest BCUT2D eigenvalue weighted by Gasteiger charge is 2.49. The Balaban J connectivity index is 1.54. The lowest BCUT2D eigenvalue weighted by molar-refractivity contribution is -0.147. The Kier molecular flexibility index (Phi) is 10.1. The summed E-state index contributed by atoms with van der Waals surface area (Å²) in [5.74, 6) is -3.37. The molecule has 0 aliphatic carbocycles. The fraction of sp³-hybridized carbons (Fsp3) is 0.344. The highest BCUT2D eigenvalue weighted by molar-refractivity contribution is 8.00. The van der Waals surface area contributed by atoms with E-state index in [4.69, 9.17) is 0 Å². The van der Waals surface area contributed by atoms with Crippen molar-refractivity contribution in [3.05, 3.63) is 100 Å². The minimum absolute atomic E-state index is 0.0211. The van der Waals surface area contributed by atoms with E-state index in [0.29, 0.717) is 23.3 Å². The van der Waals surface area contributed by atoms with Crippen LogP contribution in [0, 0.1) is 12.7 Å². The van der Waals surface area contributed by atoms with E-state index >= 15 is 0 Å². The highest BCUT2D eigenvalue weighted by Crippen LogP contribution is 2.40. The molecule has 0 aromatic heterocycles. The molecule has 0 spiro atoms. The van der Waals surface area contributed by atoms with Crippen molar-refractivity contribution in [3.8, 4) is 5.75 Å². The molecule has 45 heavy (non-hydrogen) atoms. The summed E-state index contributed by atoms with van der Waals surface area (Å²) in [7, 11) is 0. The van der Waals surface area contributed by atoms with Gasteiger partial charge in [0.05, 0.1) is 17.5 Å². The summed E-state index contributed by atoms with van der Waals surface area (Å²) in [4.78, 5) is 41.6. The lowest BCUT2D eigenvalue weighted by Gasteiger charge is -2.33. The third kappa shape index (κ3) is 7.77. The summed E-state index contributed by atoms with van der Waals surface area (Å²) in [6, 6.07) is 13.0. The minimum atomic E-state index is -4.73. The van der Waals surface area contributed by atoms with Gasteiger partial charge in [-0.2, -0.15) is 13.2 Å². The third-order valence-electron chi connectivity index (χ3n) is 7.71. The van der Waals surface area contributed by atoms with Gasteiger partial charge >= 0.3 is 6.18 Å². The highest BCUT2D eigenvalue weighted by atomic mass is 32.2. The van der Waals surface area contributed by atoms with Crippen LogP contribution >= 0.6 is 11.8 Å². The number of benzene rings is 3. The van der Waals surface area contributed by atoms with Crippen molar-refractivity contribution in [2.24, 2.45) is 0 Å². The van der Waals surface area contributed by atoms with Gasteiger partial charge in [-0.3, -0.25) is 14.4 Å². The van der Waals surface area contributed by atoms with Crippen LogP contribution in [0.3, 0.4) is 0 Å². The van der Waals surface area contributed by atoms with E-state index in [9.17, 15) is 42.2 Å². The molecule has 1 heterocycles. The van der Waals surface area contributed by atoms with Gasteiger partial charge < -0.3 is 25.7 Å². The molecule has 13 heteroatoms. The SMILES string of the molecule is Cc1c(O)cccc1C(=O)NC(Cc1ccccc1)C(O)C(=O)N1CSC(C)(C)C1C(=O)NCc1ccc(C(F)(F)F)cc1F. The summed E-state index contributed by atoms with van der Waals surface area (Å²) in [6.45, 7) is 4.56. The first-order valence-corrected chi connectivity index (χ1v) is 15.0. The van der Waals surface area contributed by atoms with Crippen LogP contribution in [0.2, 0.25) is 0 Å². The van der Waals surface area contributed by atoms with Gasteiger partial charge in [0.1, 0.15) is 17.6 Å². The number of aliphatic hydroxyl groups excluding tert-OH is 1. The number of alkyl halides is 3. The molecule has 3 aromatic rings. The molecule has 4 N–H and O–H groups in total. The number of phenols is 1. The molecule has 8 nitrogen and oxygen atoms in total. The molecule has 1 fully saturated rings. The van der Waals surface area contributed by atoms with Crippen LogP contribution in [0.1, 0.15) is 46.5 Å². The van der Waals surface area contributed by atoms with Gasteiger partial charge in [0.25, 0.3) is 11.8 Å². The summed E-state index contributed by atoms with van der Waals surface area (Å²) >= 11 is 1.27. The number of amides is 3. The van der Waals surface area contributed by atoms with E-state index in [1.54, 1.807) is 51.1 Å². The molecule has 1 saturated heterocycles. The maximum Gasteiger partial charge on any atom is 0.416 e. The molecule has 1 aliphatic heterocycles. The topological polar surface area (TPSA) is 119 Å². The fourth-order valence-corrected chi connectivity index (χ4v) is 6.27. The average Bonchev–Trinajstić information content (AvgIpc) is 3.31. The van der Waals surface area contributed by atoms with Gasteiger partial charge in [0.2, 0.25) is 5.91 Å². The van der Waals surface area contributed by atoms with Crippen molar-refractivity contribution < 1.29 is 42.2 Å². The first-order chi connectivity index (χ1) is 21.1. The van der Waals surface area contributed by atoms with E-state index in [2.05, 4.69) is 10.6 Å². The molecule has 4 rings (SSSR count). The van der Waals surface area contributed by atoms with Crippen LogP contribution in [0.5, 0.6) is 5.75 Å². The van der Waals surface area contributed by atoms with Gasteiger partial charge in [0, 0.05) is 28.0 Å². The molecule has 1 aliphatic rings. The number of halogens is 4. The number of nitrogens with zero attached hydrogens (tertiary/aromatic N) is 1. The summed E-state index contributed by atoms with van der Waals surface area (Å²) < 4.78 is 52.3. The monoisotopic (exact) mass is 647 g/mol. The van der Waals surface area contributed by atoms with E-state index in [-0.39, 0.29) is 29.2 Å². The summed E-state index contributed by atoms with van der Waals surface area (Å²) in [6.07, 6.45) is -6.45. The molecule has 240 valence electrons. The Hall–Kier alpha value is -4.10. The van der Waals surface area contributed by atoms with E-state index in [0.717, 1.165) is 6.07 Å². The number of rotatable bonds is 9.